The number of imidazole rings is 1. The Labute approximate surface area is 146 Å². The quantitative estimate of drug-likeness (QED) is 0.531. The summed E-state index contributed by atoms with van der Waals surface area (Å²) < 4.78 is 0. The van der Waals surface area contributed by atoms with Gasteiger partial charge in [-0.05, 0) is 37.6 Å². The van der Waals surface area contributed by atoms with Crippen molar-refractivity contribution in [2.24, 2.45) is 0 Å². The molecule has 0 aliphatic carbocycles. The minimum atomic E-state index is 0.629. The highest BCUT2D eigenvalue weighted by molar-refractivity contribution is 5.98. The number of rotatable bonds is 5. The second-order valence-corrected chi connectivity index (χ2v) is 5.93. The van der Waals surface area contributed by atoms with Crippen LogP contribution in [0.2, 0.25) is 0 Å². The highest BCUT2D eigenvalue weighted by Gasteiger charge is 2.11. The van der Waals surface area contributed by atoms with Crippen LogP contribution in [0.1, 0.15) is 29.9 Å². The smallest absolute Gasteiger partial charge is 0.150 e. The van der Waals surface area contributed by atoms with Crippen molar-refractivity contribution < 1.29 is 4.79 Å². The number of nitrogens with one attached hydrogen (secondary N) is 1. The van der Waals surface area contributed by atoms with E-state index in [1.807, 2.05) is 50.3 Å². The molecule has 4 heteroatoms. The third kappa shape index (κ3) is 3.48. The predicted octanol–water partition coefficient (Wildman–Crippen LogP) is 4.97. The van der Waals surface area contributed by atoms with Crippen molar-refractivity contribution in [3.8, 4) is 11.3 Å². The second kappa shape index (κ2) is 7.09. The zero-order valence-electron chi connectivity index (χ0n) is 14.3. The number of carbonyl (C=O) groups excluding carboxylic acids is 1. The number of allylic oxidation sites excluding steroid dienone is 5. The van der Waals surface area contributed by atoms with Crippen LogP contribution in [0.15, 0.2) is 67.2 Å². The molecule has 0 atom stereocenters. The SMILES string of the molecule is C=C(C)/C=C\C=C(/C)c1nc[nH]c1-c1ccc2nccc(C=O)c2c1. The lowest BCUT2D eigenvalue weighted by Gasteiger charge is -2.06. The standard InChI is InChI=1S/C21H19N3O/c1-14(2)5-4-6-15(3)20-21(24-13-23-20)16-7-8-19-18(11-16)17(12-25)9-10-22-19/h4-13H,1H2,2-3H3,(H,23,24)/b5-4-,15-6+. The maximum Gasteiger partial charge on any atom is 0.150 e. The van der Waals surface area contributed by atoms with Gasteiger partial charge in [0, 0.05) is 22.7 Å². The number of hydrogen-bond acceptors (Lipinski definition) is 3. The summed E-state index contributed by atoms with van der Waals surface area (Å²) in [4.78, 5) is 23.3. The number of nitrogens with zero attached hydrogens (tertiary/aromatic N) is 2. The number of hydrogen-bond donors (Lipinski definition) is 1. The monoisotopic (exact) mass is 329 g/mol. The minimum Gasteiger partial charge on any atom is -0.344 e. The van der Waals surface area contributed by atoms with Crippen LogP contribution >= 0.6 is 0 Å². The number of aromatic nitrogens is 3. The molecular formula is C21H19N3O. The van der Waals surface area contributed by atoms with Crippen molar-refractivity contribution >= 4 is 22.8 Å². The lowest BCUT2D eigenvalue weighted by atomic mass is 10.0. The van der Waals surface area contributed by atoms with Gasteiger partial charge in [-0.3, -0.25) is 9.78 Å². The zero-order chi connectivity index (χ0) is 17.8. The van der Waals surface area contributed by atoms with E-state index in [9.17, 15) is 4.79 Å². The van der Waals surface area contributed by atoms with E-state index in [0.29, 0.717) is 5.56 Å². The Balaban J connectivity index is 2.07. The molecule has 0 saturated carbocycles. The van der Waals surface area contributed by atoms with Crippen molar-refractivity contribution in [1.82, 2.24) is 15.0 Å². The fourth-order valence-electron chi connectivity index (χ4n) is 2.67. The summed E-state index contributed by atoms with van der Waals surface area (Å²) in [5, 5.41) is 0.833. The number of carbonyl (C=O) groups is 1. The predicted molar refractivity (Wildman–Crippen MR) is 102 cm³/mol. The van der Waals surface area contributed by atoms with Crippen LogP contribution in [0, 0.1) is 0 Å². The first-order chi connectivity index (χ1) is 12.1. The van der Waals surface area contributed by atoms with Crippen molar-refractivity contribution in [2.75, 3.05) is 0 Å². The van der Waals surface area contributed by atoms with Crippen molar-refractivity contribution in [3.63, 3.8) is 0 Å². The lowest BCUT2D eigenvalue weighted by molar-refractivity contribution is 0.112. The summed E-state index contributed by atoms with van der Waals surface area (Å²) in [6, 6.07) is 7.60. The van der Waals surface area contributed by atoms with E-state index in [2.05, 4.69) is 21.5 Å². The van der Waals surface area contributed by atoms with Gasteiger partial charge in [0.25, 0.3) is 0 Å². The molecule has 0 spiro atoms. The van der Waals surface area contributed by atoms with Crippen LogP contribution in [0.25, 0.3) is 27.7 Å². The third-order valence-corrected chi connectivity index (χ3v) is 3.93. The molecule has 0 radical (unpaired) electrons. The van der Waals surface area contributed by atoms with Crippen LogP contribution in [0.4, 0.5) is 0 Å². The molecule has 1 aromatic carbocycles. The van der Waals surface area contributed by atoms with Gasteiger partial charge in [-0.25, -0.2) is 4.98 Å². The van der Waals surface area contributed by atoms with Gasteiger partial charge in [0.1, 0.15) is 0 Å². The van der Waals surface area contributed by atoms with E-state index < -0.39 is 0 Å². The molecule has 0 fully saturated rings. The Hall–Kier alpha value is -3.27. The Morgan fingerprint density at radius 1 is 1.20 bits per heavy atom. The molecule has 2 heterocycles. The van der Waals surface area contributed by atoms with Crippen molar-refractivity contribution in [2.45, 2.75) is 13.8 Å². The topological polar surface area (TPSA) is 58.6 Å². The van der Waals surface area contributed by atoms with Crippen LogP contribution in [0.5, 0.6) is 0 Å². The number of aldehydes is 1. The first-order valence-electron chi connectivity index (χ1n) is 7.98. The van der Waals surface area contributed by atoms with E-state index in [1.165, 1.54) is 0 Å². The van der Waals surface area contributed by atoms with Gasteiger partial charge >= 0.3 is 0 Å². The van der Waals surface area contributed by atoms with Crippen molar-refractivity contribution in [1.29, 1.82) is 0 Å². The molecule has 0 unspecified atom stereocenters. The van der Waals surface area contributed by atoms with E-state index in [4.69, 9.17) is 0 Å². The molecule has 124 valence electrons. The fraction of sp³-hybridized carbons (Fsp3) is 0.0952. The van der Waals surface area contributed by atoms with Crippen molar-refractivity contribution in [3.05, 3.63) is 78.4 Å². The van der Waals surface area contributed by atoms with Crippen LogP contribution < -0.4 is 0 Å². The van der Waals surface area contributed by atoms with Crippen LogP contribution in [-0.4, -0.2) is 21.2 Å². The van der Waals surface area contributed by atoms with Gasteiger partial charge < -0.3 is 4.98 Å². The molecule has 0 amide bonds. The molecule has 0 aliphatic rings. The Morgan fingerprint density at radius 3 is 2.80 bits per heavy atom. The molecule has 25 heavy (non-hydrogen) atoms. The molecule has 0 aliphatic heterocycles. The van der Waals surface area contributed by atoms with Gasteiger partial charge in [-0.1, -0.05) is 36.4 Å². The van der Waals surface area contributed by atoms with Gasteiger partial charge in [-0.15, -0.1) is 0 Å². The van der Waals surface area contributed by atoms with Gasteiger partial charge in [0.05, 0.1) is 23.2 Å². The molecule has 3 aromatic rings. The summed E-state index contributed by atoms with van der Waals surface area (Å²) >= 11 is 0. The number of pyridine rings is 1. The first kappa shape index (κ1) is 16.6. The molecule has 0 bridgehead atoms. The maximum atomic E-state index is 11.3. The first-order valence-corrected chi connectivity index (χ1v) is 7.98. The zero-order valence-corrected chi connectivity index (χ0v) is 14.3. The molecule has 1 N–H and O–H groups in total. The van der Waals surface area contributed by atoms with E-state index >= 15 is 0 Å². The summed E-state index contributed by atoms with van der Waals surface area (Å²) in [6.07, 6.45) is 10.1. The van der Waals surface area contributed by atoms with Crippen LogP contribution in [-0.2, 0) is 0 Å². The minimum absolute atomic E-state index is 0.629. The Kier molecular flexibility index (Phi) is 4.70. The molecular weight excluding hydrogens is 310 g/mol. The van der Waals surface area contributed by atoms with E-state index in [0.717, 1.165) is 45.3 Å². The Morgan fingerprint density at radius 2 is 2.04 bits per heavy atom. The molecule has 2 aromatic heterocycles. The molecule has 4 nitrogen and oxygen atoms in total. The summed E-state index contributed by atoms with van der Waals surface area (Å²) in [5.74, 6) is 0. The maximum absolute atomic E-state index is 11.3. The van der Waals surface area contributed by atoms with Gasteiger partial charge in [-0.2, -0.15) is 0 Å². The average Bonchev–Trinajstić information content (AvgIpc) is 3.10. The lowest BCUT2D eigenvalue weighted by Crippen LogP contribution is -1.90. The number of fused-ring (bicyclic) bond motifs is 1. The normalized spacial score (nSPS) is 12.0. The number of aromatic amines is 1. The van der Waals surface area contributed by atoms with E-state index in [-0.39, 0.29) is 0 Å². The number of benzene rings is 1. The van der Waals surface area contributed by atoms with Crippen LogP contribution in [0.3, 0.4) is 0 Å². The third-order valence-electron chi connectivity index (χ3n) is 3.93. The summed E-state index contributed by atoms with van der Waals surface area (Å²) in [7, 11) is 0. The second-order valence-electron chi connectivity index (χ2n) is 5.93. The van der Waals surface area contributed by atoms with Gasteiger partial charge in [0.2, 0.25) is 0 Å². The molecule has 3 rings (SSSR count). The highest BCUT2D eigenvalue weighted by Crippen LogP contribution is 2.29. The highest BCUT2D eigenvalue weighted by atomic mass is 16.1. The number of H-pyrrole nitrogens is 1. The largest absolute Gasteiger partial charge is 0.344 e. The van der Waals surface area contributed by atoms with E-state index in [1.54, 1.807) is 18.6 Å². The van der Waals surface area contributed by atoms with Gasteiger partial charge in [0.15, 0.2) is 6.29 Å². The average molecular weight is 329 g/mol. The summed E-state index contributed by atoms with van der Waals surface area (Å²) in [5.41, 5.74) is 6.22. The molecule has 0 saturated heterocycles. The summed E-state index contributed by atoms with van der Waals surface area (Å²) in [6.45, 7) is 7.82. The fourth-order valence-corrected chi connectivity index (χ4v) is 2.67. The Bertz CT molecular complexity index is 1010.